The molecular formula is C22H31FN4O2. The third kappa shape index (κ3) is 4.91. The third-order valence-electron chi connectivity index (χ3n) is 5.62. The summed E-state index contributed by atoms with van der Waals surface area (Å²) in [5.74, 6) is -0.262. The molecule has 0 radical (unpaired) electrons. The van der Waals surface area contributed by atoms with Gasteiger partial charge in [-0.15, -0.1) is 0 Å². The highest BCUT2D eigenvalue weighted by Gasteiger charge is 2.49. The molecule has 3 unspecified atom stereocenters. The van der Waals surface area contributed by atoms with E-state index >= 15 is 0 Å². The Morgan fingerprint density at radius 3 is 2.72 bits per heavy atom. The van der Waals surface area contributed by atoms with Gasteiger partial charge >= 0.3 is 0 Å². The third-order valence-corrected chi connectivity index (χ3v) is 5.62. The van der Waals surface area contributed by atoms with Crippen molar-refractivity contribution >= 4 is 11.6 Å². The summed E-state index contributed by atoms with van der Waals surface area (Å²) in [4.78, 5) is 19.6. The first-order chi connectivity index (χ1) is 13.7. The Labute approximate surface area is 171 Å². The number of dihydropyridines is 1. The minimum absolute atomic E-state index is 0.0147. The number of hydrogen-bond acceptors (Lipinski definition) is 5. The number of aliphatic hydroxyl groups is 1. The molecule has 7 heteroatoms. The van der Waals surface area contributed by atoms with Crippen molar-refractivity contribution < 1.29 is 14.3 Å². The summed E-state index contributed by atoms with van der Waals surface area (Å²) in [5.41, 5.74) is 8.03. The van der Waals surface area contributed by atoms with E-state index in [1.54, 1.807) is 12.1 Å². The zero-order valence-electron chi connectivity index (χ0n) is 17.4. The molecule has 0 bridgehead atoms. The molecule has 158 valence electrons. The van der Waals surface area contributed by atoms with Gasteiger partial charge in [0.05, 0.1) is 30.9 Å². The molecule has 1 aromatic carbocycles. The molecule has 0 spiro atoms. The number of carbonyl (C=O) groups is 1. The molecule has 4 N–H and O–H groups in total. The number of aliphatic hydroxyl groups excluding tert-OH is 1. The van der Waals surface area contributed by atoms with Gasteiger partial charge in [-0.3, -0.25) is 9.79 Å². The zero-order chi connectivity index (χ0) is 21.2. The van der Waals surface area contributed by atoms with Crippen molar-refractivity contribution in [2.75, 3.05) is 26.2 Å². The second-order valence-corrected chi connectivity index (χ2v) is 8.78. The van der Waals surface area contributed by atoms with Crippen molar-refractivity contribution in [3.8, 4) is 0 Å². The second-order valence-electron chi connectivity index (χ2n) is 8.78. The van der Waals surface area contributed by atoms with Crippen molar-refractivity contribution in [2.45, 2.75) is 45.3 Å². The lowest BCUT2D eigenvalue weighted by molar-refractivity contribution is -0.130. The van der Waals surface area contributed by atoms with E-state index in [4.69, 9.17) is 10.7 Å². The number of fused-ring (bicyclic) bond motifs is 1. The molecule has 2 aliphatic heterocycles. The molecule has 1 fully saturated rings. The Balaban J connectivity index is 1.82. The minimum atomic E-state index is -0.281. The van der Waals surface area contributed by atoms with E-state index in [0.29, 0.717) is 25.2 Å². The largest absolute Gasteiger partial charge is 0.390 e. The van der Waals surface area contributed by atoms with Crippen LogP contribution in [0.4, 0.5) is 4.39 Å². The normalized spacial score (nSPS) is 24.0. The summed E-state index contributed by atoms with van der Waals surface area (Å²) < 4.78 is 13.2. The summed E-state index contributed by atoms with van der Waals surface area (Å²) in [6, 6.07) is 6.05. The van der Waals surface area contributed by atoms with Crippen molar-refractivity contribution in [1.82, 2.24) is 10.2 Å². The van der Waals surface area contributed by atoms with Crippen LogP contribution in [0.15, 0.2) is 40.9 Å². The molecular weight excluding hydrogens is 371 g/mol. The number of nitrogens with zero attached hydrogens (tertiary/aromatic N) is 2. The SMILES string of the molecule is CC(N)CNCC(=O)N1CC(C)(C)C2N=C(CO)C(Cc3ccc(F)cc3)=CC21. The van der Waals surface area contributed by atoms with Crippen molar-refractivity contribution in [2.24, 2.45) is 16.1 Å². The fourth-order valence-corrected chi connectivity index (χ4v) is 4.14. The lowest BCUT2D eigenvalue weighted by Crippen LogP contribution is -2.45. The topological polar surface area (TPSA) is 91.0 Å². The number of carbonyl (C=O) groups excluding carboxylic acids is 1. The highest BCUT2D eigenvalue weighted by molar-refractivity contribution is 6.02. The summed E-state index contributed by atoms with van der Waals surface area (Å²) in [7, 11) is 0. The van der Waals surface area contributed by atoms with Gasteiger partial charge in [-0.1, -0.05) is 32.1 Å². The average Bonchev–Trinajstić information content (AvgIpc) is 2.93. The van der Waals surface area contributed by atoms with Crippen LogP contribution in [-0.2, 0) is 11.2 Å². The number of nitrogens with two attached hydrogens (primary N) is 1. The smallest absolute Gasteiger partial charge is 0.237 e. The molecule has 1 saturated heterocycles. The summed E-state index contributed by atoms with van der Waals surface area (Å²) in [5, 5.41) is 13.0. The van der Waals surface area contributed by atoms with E-state index in [1.807, 2.05) is 11.8 Å². The predicted molar refractivity (Wildman–Crippen MR) is 112 cm³/mol. The van der Waals surface area contributed by atoms with E-state index in [1.165, 1.54) is 12.1 Å². The molecule has 2 aliphatic rings. The summed E-state index contributed by atoms with van der Waals surface area (Å²) >= 11 is 0. The first kappa shape index (κ1) is 21.6. The maximum Gasteiger partial charge on any atom is 0.237 e. The number of hydrogen-bond donors (Lipinski definition) is 3. The second kappa shape index (κ2) is 8.73. The first-order valence-corrected chi connectivity index (χ1v) is 10.1. The summed E-state index contributed by atoms with van der Waals surface area (Å²) in [6.07, 6.45) is 2.60. The van der Waals surface area contributed by atoms with Gasteiger partial charge in [0.1, 0.15) is 5.82 Å². The van der Waals surface area contributed by atoms with Crippen molar-refractivity contribution in [1.29, 1.82) is 0 Å². The van der Waals surface area contributed by atoms with Crippen LogP contribution in [0.25, 0.3) is 0 Å². The minimum Gasteiger partial charge on any atom is -0.390 e. The summed E-state index contributed by atoms with van der Waals surface area (Å²) in [6.45, 7) is 7.35. The van der Waals surface area contributed by atoms with E-state index in [9.17, 15) is 14.3 Å². The fraction of sp³-hybridized carbons (Fsp3) is 0.545. The molecule has 0 aromatic heterocycles. The Morgan fingerprint density at radius 1 is 1.41 bits per heavy atom. The maximum atomic E-state index is 13.2. The number of nitrogens with one attached hydrogen (secondary N) is 1. The molecule has 1 amide bonds. The van der Waals surface area contributed by atoms with Crippen LogP contribution in [0.3, 0.4) is 0 Å². The zero-order valence-corrected chi connectivity index (χ0v) is 17.4. The lowest BCUT2D eigenvalue weighted by Gasteiger charge is -2.31. The Hall–Kier alpha value is -2.09. The number of amides is 1. The monoisotopic (exact) mass is 402 g/mol. The van der Waals surface area contributed by atoms with Crippen LogP contribution in [0.1, 0.15) is 26.3 Å². The molecule has 3 atom stereocenters. The van der Waals surface area contributed by atoms with Crippen molar-refractivity contribution in [3.05, 3.63) is 47.3 Å². The molecule has 0 saturated carbocycles. The van der Waals surface area contributed by atoms with Crippen LogP contribution in [0.2, 0.25) is 0 Å². The highest BCUT2D eigenvalue weighted by atomic mass is 19.1. The van der Waals surface area contributed by atoms with Crippen LogP contribution in [0.5, 0.6) is 0 Å². The molecule has 0 aliphatic carbocycles. The van der Waals surface area contributed by atoms with Crippen LogP contribution < -0.4 is 11.1 Å². The number of likely N-dealkylation sites (tertiary alicyclic amines) is 1. The number of aliphatic imine (C=N–C) groups is 1. The van der Waals surface area contributed by atoms with E-state index in [2.05, 4.69) is 25.2 Å². The first-order valence-electron chi connectivity index (χ1n) is 10.1. The van der Waals surface area contributed by atoms with E-state index < -0.39 is 0 Å². The van der Waals surface area contributed by atoms with Crippen molar-refractivity contribution in [3.63, 3.8) is 0 Å². The highest BCUT2D eigenvalue weighted by Crippen LogP contribution is 2.40. The molecule has 6 nitrogen and oxygen atoms in total. The van der Waals surface area contributed by atoms with Crippen LogP contribution in [-0.4, -0.2) is 66.0 Å². The maximum absolute atomic E-state index is 13.2. The molecule has 1 aromatic rings. The molecule has 2 heterocycles. The Morgan fingerprint density at radius 2 is 2.10 bits per heavy atom. The van der Waals surface area contributed by atoms with Gasteiger partial charge in [0.15, 0.2) is 0 Å². The fourth-order valence-electron chi connectivity index (χ4n) is 4.14. The van der Waals surface area contributed by atoms with Gasteiger partial charge in [-0.05, 0) is 36.6 Å². The Kier molecular flexibility index (Phi) is 6.51. The average molecular weight is 403 g/mol. The Bertz CT molecular complexity index is 802. The number of halogens is 1. The van der Waals surface area contributed by atoms with Gasteiger partial charge in [-0.2, -0.15) is 0 Å². The number of rotatable bonds is 7. The van der Waals surface area contributed by atoms with Gasteiger partial charge in [0, 0.05) is 24.5 Å². The van der Waals surface area contributed by atoms with Gasteiger partial charge in [-0.25, -0.2) is 4.39 Å². The number of benzene rings is 1. The van der Waals surface area contributed by atoms with Crippen LogP contribution >= 0.6 is 0 Å². The van der Waals surface area contributed by atoms with Gasteiger partial charge in [0.25, 0.3) is 0 Å². The quantitative estimate of drug-likeness (QED) is 0.641. The van der Waals surface area contributed by atoms with E-state index in [-0.39, 0.29) is 48.4 Å². The lowest BCUT2D eigenvalue weighted by atomic mass is 9.82. The molecule has 29 heavy (non-hydrogen) atoms. The van der Waals surface area contributed by atoms with Crippen LogP contribution in [0, 0.1) is 11.2 Å². The predicted octanol–water partition coefficient (Wildman–Crippen LogP) is 1.28. The molecule has 3 rings (SSSR count). The standard InChI is InChI=1S/C22H31FN4O2/c1-14(24)10-25-11-20(29)27-13-22(2,3)21-19(27)9-16(18(12-28)26-21)8-15-4-6-17(23)7-5-15/h4-7,9,14,19,21,25,28H,8,10-13,24H2,1-3H3. The van der Waals surface area contributed by atoms with Gasteiger partial charge < -0.3 is 21.1 Å². The van der Waals surface area contributed by atoms with E-state index in [0.717, 1.165) is 11.1 Å². The van der Waals surface area contributed by atoms with Gasteiger partial charge in [0.2, 0.25) is 5.91 Å².